The van der Waals surface area contributed by atoms with Crippen LogP contribution < -0.4 is 11.1 Å². The van der Waals surface area contributed by atoms with Crippen LogP contribution in [0, 0.1) is 0 Å². The Bertz CT molecular complexity index is 494. The van der Waals surface area contributed by atoms with Crippen molar-refractivity contribution in [2.24, 2.45) is 0 Å². The van der Waals surface area contributed by atoms with Gasteiger partial charge in [-0.25, -0.2) is 0 Å². The van der Waals surface area contributed by atoms with E-state index in [2.05, 4.69) is 5.32 Å². The fourth-order valence-electron chi connectivity index (χ4n) is 1.58. The van der Waals surface area contributed by atoms with E-state index in [1.54, 1.807) is 12.1 Å². The minimum atomic E-state index is -4.19. The van der Waals surface area contributed by atoms with Crippen molar-refractivity contribution in [1.29, 1.82) is 0 Å². The molecule has 0 heterocycles. The number of nitrogens with zero attached hydrogens (tertiary/aromatic N) is 1. The topological polar surface area (TPSA) is 58.4 Å². The molecule has 1 rings (SSSR count). The van der Waals surface area contributed by atoms with E-state index >= 15 is 0 Å². The lowest BCUT2D eigenvalue weighted by atomic mass is 10.2. The minimum Gasteiger partial charge on any atom is -0.397 e. The summed E-state index contributed by atoms with van der Waals surface area (Å²) in [6.45, 7) is 0.0925. The average molecular weight is 324 g/mol. The van der Waals surface area contributed by atoms with E-state index in [0.717, 1.165) is 0 Å². The molecule has 118 valence electrons. The molecule has 1 aromatic rings. The molecule has 0 unspecified atom stereocenters. The van der Waals surface area contributed by atoms with Gasteiger partial charge in [0.1, 0.15) is 0 Å². The number of nitrogen functional groups attached to an aromatic ring is 1. The normalized spacial score (nSPS) is 11.7. The summed E-state index contributed by atoms with van der Waals surface area (Å²) in [5.41, 5.74) is 6.45. The molecule has 8 heteroatoms. The first-order valence-electron chi connectivity index (χ1n) is 6.27. The van der Waals surface area contributed by atoms with Crippen LogP contribution in [0.5, 0.6) is 0 Å². The van der Waals surface area contributed by atoms with Crippen LogP contribution in [0.3, 0.4) is 0 Å². The monoisotopic (exact) mass is 323 g/mol. The number of carbonyl (C=O) groups is 1. The molecule has 0 aromatic heterocycles. The number of rotatable bonds is 6. The minimum absolute atomic E-state index is 0.0798. The number of hydrogen-bond acceptors (Lipinski definition) is 3. The number of alkyl halides is 3. The third-order valence-corrected chi connectivity index (χ3v) is 3.02. The predicted molar refractivity (Wildman–Crippen MR) is 77.3 cm³/mol. The molecule has 0 atom stereocenters. The van der Waals surface area contributed by atoms with Crippen LogP contribution in [-0.4, -0.2) is 37.1 Å². The molecule has 4 nitrogen and oxygen atoms in total. The number of anilines is 2. The maximum atomic E-state index is 12.0. The van der Waals surface area contributed by atoms with Gasteiger partial charge in [0.15, 0.2) is 0 Å². The summed E-state index contributed by atoms with van der Waals surface area (Å²) < 4.78 is 36.1. The first kappa shape index (κ1) is 17.6. The Morgan fingerprint density at radius 2 is 2.05 bits per heavy atom. The highest BCUT2D eigenvalue weighted by molar-refractivity contribution is 6.31. The fraction of sp³-hybridized carbons (Fsp3) is 0.462. The van der Waals surface area contributed by atoms with Gasteiger partial charge in [-0.1, -0.05) is 11.6 Å². The number of benzene rings is 1. The number of hydrogen-bond donors (Lipinski definition) is 2. The van der Waals surface area contributed by atoms with Gasteiger partial charge in [0, 0.05) is 24.5 Å². The van der Waals surface area contributed by atoms with Crippen molar-refractivity contribution in [2.45, 2.75) is 19.0 Å². The smallest absolute Gasteiger partial charge is 0.390 e. The maximum absolute atomic E-state index is 12.0. The average Bonchev–Trinajstić information content (AvgIpc) is 2.36. The lowest BCUT2D eigenvalue weighted by Crippen LogP contribution is -2.28. The number of nitrogens with two attached hydrogens (primary N) is 1. The SMILES string of the molecule is CN(CCC(=O)Nc1ccc(Cl)cc1N)CCC(F)(F)F. The Kier molecular flexibility index (Phi) is 6.29. The number of carbonyl (C=O) groups excluding carboxylic acids is 1. The van der Waals surface area contributed by atoms with Gasteiger partial charge in [0.2, 0.25) is 5.91 Å². The van der Waals surface area contributed by atoms with Crippen LogP contribution in [0.1, 0.15) is 12.8 Å². The summed E-state index contributed by atoms with van der Waals surface area (Å²) in [5, 5.41) is 3.05. The fourth-order valence-corrected chi connectivity index (χ4v) is 1.76. The van der Waals surface area contributed by atoms with Crippen LogP contribution >= 0.6 is 11.6 Å². The first-order valence-corrected chi connectivity index (χ1v) is 6.65. The molecule has 0 saturated heterocycles. The summed E-state index contributed by atoms with van der Waals surface area (Å²) in [6.07, 6.45) is -5.00. The van der Waals surface area contributed by atoms with Crippen molar-refractivity contribution in [2.75, 3.05) is 31.2 Å². The summed E-state index contributed by atoms with van der Waals surface area (Å²) in [5.74, 6) is -0.317. The van der Waals surface area contributed by atoms with E-state index in [4.69, 9.17) is 17.3 Å². The summed E-state index contributed by atoms with van der Waals surface area (Å²) in [7, 11) is 1.54. The second-order valence-electron chi connectivity index (χ2n) is 4.70. The Morgan fingerprint density at radius 3 is 2.62 bits per heavy atom. The van der Waals surface area contributed by atoms with Gasteiger partial charge in [0.05, 0.1) is 17.8 Å². The van der Waals surface area contributed by atoms with Gasteiger partial charge in [-0.3, -0.25) is 4.79 Å². The van der Waals surface area contributed by atoms with Crippen LogP contribution in [0.25, 0.3) is 0 Å². The highest BCUT2D eigenvalue weighted by atomic mass is 35.5. The number of nitrogens with one attached hydrogen (secondary N) is 1. The molecular formula is C13H17ClF3N3O. The summed E-state index contributed by atoms with van der Waals surface area (Å²) in [4.78, 5) is 13.2. The van der Waals surface area contributed by atoms with Gasteiger partial charge < -0.3 is 16.0 Å². The molecule has 0 aliphatic carbocycles. The standard InChI is InChI=1S/C13H17ClF3N3O/c1-20(7-5-13(15,16)17)6-4-12(21)19-11-3-2-9(14)8-10(11)18/h2-3,8H,4-7,18H2,1H3,(H,19,21). The zero-order valence-electron chi connectivity index (χ0n) is 11.5. The highest BCUT2D eigenvalue weighted by Gasteiger charge is 2.27. The van der Waals surface area contributed by atoms with Crippen LogP contribution in [-0.2, 0) is 4.79 Å². The van der Waals surface area contributed by atoms with Crippen LogP contribution in [0.4, 0.5) is 24.5 Å². The lowest BCUT2D eigenvalue weighted by Gasteiger charge is -2.17. The van der Waals surface area contributed by atoms with Crippen molar-refractivity contribution in [3.05, 3.63) is 23.2 Å². The van der Waals surface area contributed by atoms with Crippen molar-refractivity contribution in [3.63, 3.8) is 0 Å². The van der Waals surface area contributed by atoms with E-state index in [1.165, 1.54) is 18.0 Å². The molecule has 0 aliphatic heterocycles. The zero-order valence-corrected chi connectivity index (χ0v) is 12.3. The largest absolute Gasteiger partial charge is 0.397 e. The van der Waals surface area contributed by atoms with Gasteiger partial charge in [0.25, 0.3) is 0 Å². The second-order valence-corrected chi connectivity index (χ2v) is 5.13. The second kappa shape index (κ2) is 7.51. The predicted octanol–water partition coefficient (Wildman–Crippen LogP) is 3.14. The van der Waals surface area contributed by atoms with E-state index in [1.807, 2.05) is 0 Å². The molecular weight excluding hydrogens is 307 g/mol. The highest BCUT2D eigenvalue weighted by Crippen LogP contribution is 2.23. The van der Waals surface area contributed by atoms with Crippen LogP contribution in [0.2, 0.25) is 5.02 Å². The number of halogens is 4. The van der Waals surface area contributed by atoms with Crippen molar-refractivity contribution in [1.82, 2.24) is 4.90 Å². The van der Waals surface area contributed by atoms with E-state index in [9.17, 15) is 18.0 Å². The Morgan fingerprint density at radius 1 is 1.38 bits per heavy atom. The molecule has 0 aliphatic rings. The Hall–Kier alpha value is -1.47. The Balaban J connectivity index is 2.37. The molecule has 1 aromatic carbocycles. The summed E-state index contributed by atoms with van der Waals surface area (Å²) >= 11 is 5.74. The molecule has 3 N–H and O–H groups in total. The van der Waals surface area contributed by atoms with Crippen molar-refractivity contribution < 1.29 is 18.0 Å². The van der Waals surface area contributed by atoms with Gasteiger partial charge in [-0.15, -0.1) is 0 Å². The molecule has 0 spiro atoms. The molecule has 1 amide bonds. The van der Waals surface area contributed by atoms with Crippen molar-refractivity contribution >= 4 is 28.9 Å². The maximum Gasteiger partial charge on any atom is 0.390 e. The quantitative estimate of drug-likeness (QED) is 0.791. The molecule has 0 saturated carbocycles. The van der Waals surface area contributed by atoms with Crippen molar-refractivity contribution in [3.8, 4) is 0 Å². The lowest BCUT2D eigenvalue weighted by molar-refractivity contribution is -0.137. The number of amides is 1. The molecule has 0 fully saturated rings. The van der Waals surface area contributed by atoms with Gasteiger partial charge in [-0.2, -0.15) is 13.2 Å². The summed E-state index contributed by atoms with van der Waals surface area (Å²) in [6, 6.07) is 4.67. The Labute approximate surface area is 126 Å². The molecule has 0 radical (unpaired) electrons. The van der Waals surface area contributed by atoms with Crippen LogP contribution in [0.15, 0.2) is 18.2 Å². The van der Waals surface area contributed by atoms with E-state index in [0.29, 0.717) is 16.4 Å². The molecule has 21 heavy (non-hydrogen) atoms. The first-order chi connectivity index (χ1) is 9.67. The van der Waals surface area contributed by atoms with E-state index in [-0.39, 0.29) is 25.4 Å². The van der Waals surface area contributed by atoms with E-state index < -0.39 is 12.6 Å². The molecule has 0 bridgehead atoms. The van der Waals surface area contributed by atoms with Gasteiger partial charge in [-0.05, 0) is 25.2 Å². The third-order valence-electron chi connectivity index (χ3n) is 2.79. The zero-order chi connectivity index (χ0) is 16.0. The third kappa shape index (κ3) is 7.19. The van der Waals surface area contributed by atoms with Gasteiger partial charge >= 0.3 is 6.18 Å².